The molecule has 4 heteroatoms. The molecule has 26 heavy (non-hydrogen) atoms. The average Bonchev–Trinajstić information content (AvgIpc) is 2.58. The summed E-state index contributed by atoms with van der Waals surface area (Å²) in [5, 5.41) is 7.96. The zero-order valence-electron chi connectivity index (χ0n) is 15.9. The van der Waals surface area contributed by atoms with Crippen molar-refractivity contribution >= 4 is 11.7 Å². The molecule has 4 nitrogen and oxygen atoms in total. The van der Waals surface area contributed by atoms with E-state index in [2.05, 4.69) is 33.8 Å². The van der Waals surface area contributed by atoms with E-state index >= 15 is 0 Å². The van der Waals surface area contributed by atoms with Gasteiger partial charge in [-0.25, -0.2) is 0 Å². The number of amides is 1. The molecule has 0 saturated heterocycles. The predicted octanol–water partition coefficient (Wildman–Crippen LogP) is 4.09. The van der Waals surface area contributed by atoms with Crippen LogP contribution in [0.3, 0.4) is 0 Å². The number of fused-ring (bicyclic) bond motifs is 1. The van der Waals surface area contributed by atoms with E-state index in [1.807, 2.05) is 24.3 Å². The van der Waals surface area contributed by atoms with Crippen LogP contribution in [-0.4, -0.2) is 11.7 Å². The number of hydrogen-bond donors (Lipinski definition) is 3. The Morgan fingerprint density at radius 2 is 1.58 bits per heavy atom. The van der Waals surface area contributed by atoms with E-state index in [0.29, 0.717) is 11.1 Å². The molecule has 3 rings (SSSR count). The van der Waals surface area contributed by atoms with Crippen LogP contribution in [0.2, 0.25) is 0 Å². The summed E-state index contributed by atoms with van der Waals surface area (Å²) < 4.78 is 0. The minimum Gasteiger partial charge on any atom is -0.384 e. The summed E-state index contributed by atoms with van der Waals surface area (Å²) in [5.74, 6) is -0.416. The van der Waals surface area contributed by atoms with Crippen LogP contribution in [0, 0.1) is 5.41 Å². The molecule has 0 aliphatic heterocycles. The second-order valence-electron chi connectivity index (χ2n) is 8.54. The minimum atomic E-state index is -0.449. The predicted molar refractivity (Wildman–Crippen MR) is 107 cm³/mol. The second kappa shape index (κ2) is 5.97. The number of nitrogen functional groups attached to an aromatic ring is 1. The van der Waals surface area contributed by atoms with Crippen molar-refractivity contribution in [2.24, 2.45) is 11.5 Å². The summed E-state index contributed by atoms with van der Waals surface area (Å²) in [7, 11) is 0. The summed E-state index contributed by atoms with van der Waals surface area (Å²) in [4.78, 5) is 12.0. The maximum absolute atomic E-state index is 12.0. The van der Waals surface area contributed by atoms with Crippen LogP contribution < -0.4 is 11.5 Å². The number of carbonyl (C=O) groups is 1. The second-order valence-corrected chi connectivity index (χ2v) is 8.54. The Morgan fingerprint density at radius 1 is 0.962 bits per heavy atom. The van der Waals surface area contributed by atoms with Crippen molar-refractivity contribution in [3.63, 3.8) is 0 Å². The van der Waals surface area contributed by atoms with Gasteiger partial charge in [-0.05, 0) is 64.1 Å². The molecule has 0 saturated carbocycles. The van der Waals surface area contributed by atoms with Gasteiger partial charge in [-0.1, -0.05) is 45.9 Å². The third kappa shape index (κ3) is 2.90. The highest BCUT2D eigenvalue weighted by molar-refractivity contribution is 6.02. The largest absolute Gasteiger partial charge is 0.384 e. The molecule has 0 fully saturated rings. The lowest BCUT2D eigenvalue weighted by Crippen LogP contribution is -2.35. The first kappa shape index (κ1) is 18.2. The molecular weight excluding hydrogens is 322 g/mol. The van der Waals surface area contributed by atoms with Gasteiger partial charge in [0.25, 0.3) is 0 Å². The van der Waals surface area contributed by atoms with Crippen molar-refractivity contribution in [3.05, 3.63) is 58.7 Å². The highest BCUT2D eigenvalue weighted by Crippen LogP contribution is 2.50. The number of primary amides is 1. The van der Waals surface area contributed by atoms with Gasteiger partial charge in [-0.2, -0.15) is 0 Å². The van der Waals surface area contributed by atoms with Crippen LogP contribution in [0.5, 0.6) is 0 Å². The number of benzene rings is 2. The Kier molecular flexibility index (Phi) is 4.18. The number of nitrogens with one attached hydrogen (secondary N) is 1. The fourth-order valence-electron chi connectivity index (χ4n) is 4.09. The van der Waals surface area contributed by atoms with Crippen LogP contribution in [0.15, 0.2) is 36.4 Å². The Bertz CT molecular complexity index is 910. The van der Waals surface area contributed by atoms with Crippen LogP contribution in [0.4, 0.5) is 0 Å². The lowest BCUT2D eigenvalue weighted by atomic mass is 9.61. The van der Waals surface area contributed by atoms with E-state index in [9.17, 15) is 4.79 Å². The average molecular weight is 349 g/mol. The summed E-state index contributed by atoms with van der Waals surface area (Å²) in [6.07, 6.45) is 2.11. The molecule has 0 heterocycles. The lowest BCUT2D eigenvalue weighted by molar-refractivity contribution is 0.100. The van der Waals surface area contributed by atoms with E-state index < -0.39 is 5.91 Å². The number of hydrogen-bond acceptors (Lipinski definition) is 2. The smallest absolute Gasteiger partial charge is 0.249 e. The Labute approximate surface area is 155 Å². The number of nitrogens with two attached hydrogens (primary N) is 2. The maximum Gasteiger partial charge on any atom is 0.249 e. The molecule has 1 aliphatic rings. The van der Waals surface area contributed by atoms with Crippen molar-refractivity contribution in [1.82, 2.24) is 0 Å². The third-order valence-electron chi connectivity index (χ3n) is 5.71. The SMILES string of the molecule is CC1(C)CCC(C)(C)c2c(-c3ccccc3C(N)=O)cc(C(=N)N)cc21. The fraction of sp³-hybridized carbons (Fsp3) is 0.364. The molecule has 136 valence electrons. The van der Waals surface area contributed by atoms with Crippen LogP contribution in [0.25, 0.3) is 11.1 Å². The van der Waals surface area contributed by atoms with Crippen molar-refractivity contribution in [2.45, 2.75) is 51.4 Å². The topological polar surface area (TPSA) is 93.0 Å². The highest BCUT2D eigenvalue weighted by Gasteiger charge is 2.39. The minimum absolute atomic E-state index is 0.0211. The molecule has 0 radical (unpaired) electrons. The van der Waals surface area contributed by atoms with Gasteiger partial charge in [0.2, 0.25) is 5.91 Å². The quantitative estimate of drug-likeness (QED) is 0.575. The summed E-state index contributed by atoms with van der Waals surface area (Å²) in [6.45, 7) is 8.94. The fourth-order valence-corrected chi connectivity index (χ4v) is 4.09. The lowest BCUT2D eigenvalue weighted by Gasteiger charge is -2.43. The van der Waals surface area contributed by atoms with Gasteiger partial charge in [-0.15, -0.1) is 0 Å². The van der Waals surface area contributed by atoms with Gasteiger partial charge in [0.05, 0.1) is 0 Å². The molecule has 1 amide bonds. The molecular formula is C22H27N3O. The summed E-state index contributed by atoms with van der Waals surface area (Å²) >= 11 is 0. The van der Waals surface area contributed by atoms with Crippen molar-refractivity contribution < 1.29 is 4.79 Å². The van der Waals surface area contributed by atoms with E-state index in [4.69, 9.17) is 16.9 Å². The molecule has 0 spiro atoms. The van der Waals surface area contributed by atoms with Gasteiger partial charge in [0, 0.05) is 11.1 Å². The highest BCUT2D eigenvalue weighted by atomic mass is 16.1. The Hall–Kier alpha value is -2.62. The van der Waals surface area contributed by atoms with E-state index in [-0.39, 0.29) is 16.7 Å². The molecule has 0 bridgehead atoms. The third-order valence-corrected chi connectivity index (χ3v) is 5.71. The van der Waals surface area contributed by atoms with Gasteiger partial charge >= 0.3 is 0 Å². The van der Waals surface area contributed by atoms with Gasteiger partial charge in [-0.3, -0.25) is 10.2 Å². The van der Waals surface area contributed by atoms with Crippen LogP contribution >= 0.6 is 0 Å². The van der Waals surface area contributed by atoms with Gasteiger partial charge < -0.3 is 11.5 Å². The maximum atomic E-state index is 12.0. The molecule has 2 aromatic rings. The Morgan fingerprint density at radius 3 is 2.19 bits per heavy atom. The zero-order chi connectivity index (χ0) is 19.3. The number of carbonyl (C=O) groups excluding carboxylic acids is 1. The Balaban J connectivity index is 2.45. The zero-order valence-corrected chi connectivity index (χ0v) is 15.9. The van der Waals surface area contributed by atoms with Crippen molar-refractivity contribution in [1.29, 1.82) is 5.41 Å². The molecule has 0 atom stereocenters. The van der Waals surface area contributed by atoms with Crippen molar-refractivity contribution in [3.8, 4) is 11.1 Å². The van der Waals surface area contributed by atoms with Crippen LogP contribution in [0.1, 0.15) is 67.6 Å². The van der Waals surface area contributed by atoms with Crippen molar-refractivity contribution in [2.75, 3.05) is 0 Å². The normalized spacial score (nSPS) is 17.4. The van der Waals surface area contributed by atoms with E-state index in [0.717, 1.165) is 24.0 Å². The van der Waals surface area contributed by atoms with Crippen LogP contribution in [-0.2, 0) is 10.8 Å². The number of rotatable bonds is 3. The summed E-state index contributed by atoms with van der Waals surface area (Å²) in [6, 6.07) is 11.4. The number of amidine groups is 1. The molecule has 2 aromatic carbocycles. The standard InChI is InChI=1S/C22H27N3O/c1-21(2)9-10-22(3,4)18-16(11-13(19(23)24)12-17(18)21)14-7-5-6-8-15(14)20(25)26/h5-8,11-12H,9-10H2,1-4H3,(H3,23,24)(H2,25,26). The molecule has 0 unspecified atom stereocenters. The first-order valence-corrected chi connectivity index (χ1v) is 8.97. The monoisotopic (exact) mass is 349 g/mol. The molecule has 1 aliphatic carbocycles. The molecule has 5 N–H and O–H groups in total. The molecule has 0 aromatic heterocycles. The van der Waals surface area contributed by atoms with E-state index in [1.54, 1.807) is 6.07 Å². The summed E-state index contributed by atoms with van der Waals surface area (Å²) in [5.41, 5.74) is 16.8. The van der Waals surface area contributed by atoms with E-state index in [1.165, 1.54) is 11.1 Å². The first-order valence-electron chi connectivity index (χ1n) is 8.97. The van der Waals surface area contributed by atoms with Gasteiger partial charge in [0.1, 0.15) is 5.84 Å². The van der Waals surface area contributed by atoms with Gasteiger partial charge in [0.15, 0.2) is 0 Å². The first-order chi connectivity index (χ1) is 12.0.